The first-order valence-electron chi connectivity index (χ1n) is 8.04. The van der Waals surface area contributed by atoms with Crippen molar-refractivity contribution in [3.63, 3.8) is 0 Å². The molecule has 3 rings (SSSR count). The van der Waals surface area contributed by atoms with E-state index in [2.05, 4.69) is 15.3 Å². The summed E-state index contributed by atoms with van der Waals surface area (Å²) in [6.07, 6.45) is 0. The third-order valence-corrected chi connectivity index (χ3v) is 5.05. The molecular formula is C18H19N5O2S. The van der Waals surface area contributed by atoms with E-state index >= 15 is 0 Å². The van der Waals surface area contributed by atoms with E-state index in [1.807, 2.05) is 31.2 Å². The Morgan fingerprint density at radius 3 is 2.38 bits per heavy atom. The lowest BCUT2D eigenvalue weighted by Gasteiger charge is -2.17. The van der Waals surface area contributed by atoms with Gasteiger partial charge in [-0.05, 0) is 26.0 Å². The van der Waals surface area contributed by atoms with Gasteiger partial charge in [-0.1, -0.05) is 41.6 Å². The Kier molecular flexibility index (Phi) is 5.03. The lowest BCUT2D eigenvalue weighted by Crippen LogP contribution is -2.36. The Balaban J connectivity index is 1.98. The van der Waals surface area contributed by atoms with E-state index in [0.717, 1.165) is 22.9 Å². The van der Waals surface area contributed by atoms with Crippen LogP contribution in [-0.4, -0.2) is 55.7 Å². The molecule has 0 N–H and O–H groups in total. The van der Waals surface area contributed by atoms with Crippen molar-refractivity contribution < 1.29 is 9.59 Å². The number of rotatable bonds is 5. The van der Waals surface area contributed by atoms with E-state index in [4.69, 9.17) is 0 Å². The number of thioether (sulfide) groups is 1. The summed E-state index contributed by atoms with van der Waals surface area (Å²) < 4.78 is 1.63. The van der Waals surface area contributed by atoms with Gasteiger partial charge in [-0.3, -0.25) is 9.59 Å². The maximum atomic E-state index is 12.2. The number of amides is 1. The molecular weight excluding hydrogens is 350 g/mol. The number of aryl methyl sites for hydroxylation is 1. The molecule has 1 unspecified atom stereocenters. The number of benzene rings is 1. The summed E-state index contributed by atoms with van der Waals surface area (Å²) in [5.74, 6) is 0.144. The van der Waals surface area contributed by atoms with Crippen LogP contribution in [0.4, 0.5) is 0 Å². The quantitative estimate of drug-likeness (QED) is 0.507. The molecule has 134 valence electrons. The third-order valence-electron chi connectivity index (χ3n) is 3.82. The largest absolute Gasteiger partial charge is 0.347 e. The topological polar surface area (TPSA) is 80.5 Å². The fourth-order valence-corrected chi connectivity index (χ4v) is 3.37. The molecule has 7 nitrogen and oxygen atoms in total. The van der Waals surface area contributed by atoms with Crippen molar-refractivity contribution in [3.8, 4) is 11.4 Å². The second kappa shape index (κ2) is 7.25. The van der Waals surface area contributed by atoms with Crippen LogP contribution in [0.5, 0.6) is 0 Å². The molecule has 1 aromatic carbocycles. The van der Waals surface area contributed by atoms with Crippen molar-refractivity contribution in [2.75, 3.05) is 14.1 Å². The molecule has 0 radical (unpaired) electrons. The van der Waals surface area contributed by atoms with Crippen molar-refractivity contribution in [2.45, 2.75) is 24.1 Å². The summed E-state index contributed by atoms with van der Waals surface area (Å²) in [4.78, 5) is 25.6. The van der Waals surface area contributed by atoms with Gasteiger partial charge >= 0.3 is 0 Å². The first kappa shape index (κ1) is 18.1. The van der Waals surface area contributed by atoms with E-state index in [1.54, 1.807) is 30.7 Å². The summed E-state index contributed by atoms with van der Waals surface area (Å²) in [7, 11) is 3.26. The zero-order valence-electron chi connectivity index (χ0n) is 15.0. The van der Waals surface area contributed by atoms with Crippen LogP contribution in [0.1, 0.15) is 12.5 Å². The van der Waals surface area contributed by atoms with Crippen molar-refractivity contribution in [1.82, 2.24) is 24.7 Å². The molecule has 0 aliphatic heterocycles. The van der Waals surface area contributed by atoms with Crippen molar-refractivity contribution in [1.29, 1.82) is 0 Å². The molecule has 0 spiro atoms. The summed E-state index contributed by atoms with van der Waals surface area (Å²) in [6, 6.07) is 11.4. The van der Waals surface area contributed by atoms with Gasteiger partial charge in [0.15, 0.2) is 17.3 Å². The number of carbonyl (C=O) groups is 2. The molecule has 0 aliphatic carbocycles. The smallest absolute Gasteiger partial charge is 0.243 e. The van der Waals surface area contributed by atoms with Gasteiger partial charge in [-0.2, -0.15) is 9.61 Å². The second-order valence-electron chi connectivity index (χ2n) is 6.17. The first-order valence-corrected chi connectivity index (χ1v) is 8.92. The van der Waals surface area contributed by atoms with Crippen molar-refractivity contribution >= 4 is 29.1 Å². The Bertz CT molecular complexity index is 965. The van der Waals surface area contributed by atoms with Crippen molar-refractivity contribution in [3.05, 3.63) is 42.0 Å². The van der Waals surface area contributed by atoms with Crippen LogP contribution in [0.15, 0.2) is 41.4 Å². The molecule has 0 fully saturated rings. The molecule has 2 aromatic heterocycles. The molecule has 8 heteroatoms. The van der Waals surface area contributed by atoms with Gasteiger partial charge in [0.2, 0.25) is 5.91 Å². The average molecular weight is 369 g/mol. The van der Waals surface area contributed by atoms with E-state index in [0.29, 0.717) is 16.5 Å². The molecule has 26 heavy (non-hydrogen) atoms. The average Bonchev–Trinajstić information content (AvgIpc) is 3.02. The number of fused-ring (bicyclic) bond motifs is 1. The number of hydrogen-bond donors (Lipinski definition) is 0. The monoisotopic (exact) mass is 369 g/mol. The zero-order valence-corrected chi connectivity index (χ0v) is 15.8. The molecule has 0 bridgehead atoms. The van der Waals surface area contributed by atoms with Crippen LogP contribution >= 0.6 is 11.8 Å². The van der Waals surface area contributed by atoms with Crippen LogP contribution in [0, 0.1) is 6.92 Å². The molecule has 1 amide bonds. The Morgan fingerprint density at radius 2 is 1.77 bits per heavy atom. The Morgan fingerprint density at radius 1 is 1.08 bits per heavy atom. The van der Waals surface area contributed by atoms with E-state index in [9.17, 15) is 9.59 Å². The second-order valence-corrected chi connectivity index (χ2v) is 7.30. The van der Waals surface area contributed by atoms with Crippen LogP contribution in [0.3, 0.4) is 0 Å². The zero-order chi connectivity index (χ0) is 18.8. The Labute approximate surface area is 155 Å². The van der Waals surface area contributed by atoms with Gasteiger partial charge in [-0.15, -0.1) is 10.2 Å². The molecule has 0 saturated heterocycles. The summed E-state index contributed by atoms with van der Waals surface area (Å²) >= 11 is 1.13. The normalized spacial score (nSPS) is 12.2. The number of aromatic nitrogens is 4. The third kappa shape index (κ3) is 3.60. The van der Waals surface area contributed by atoms with Crippen LogP contribution in [0.2, 0.25) is 0 Å². The summed E-state index contributed by atoms with van der Waals surface area (Å²) in [6.45, 7) is 3.43. The van der Waals surface area contributed by atoms with Gasteiger partial charge in [0.25, 0.3) is 0 Å². The molecule has 0 saturated carbocycles. The minimum atomic E-state index is -0.825. The standard InChI is InChI=1S/C18H19N5O2S/c1-11-5-7-13(8-6-11)17-20-19-14-9-10-15(21-23(14)17)26-16(12(2)24)18(25)22(3)4/h5-10,16H,1-4H3. The Hall–Kier alpha value is -2.74. The highest BCUT2D eigenvalue weighted by atomic mass is 32.2. The maximum absolute atomic E-state index is 12.2. The molecule has 2 heterocycles. The van der Waals surface area contributed by atoms with Gasteiger partial charge in [0.05, 0.1) is 0 Å². The van der Waals surface area contributed by atoms with Crippen LogP contribution in [0.25, 0.3) is 17.0 Å². The predicted octanol–water partition coefficient (Wildman–Crippen LogP) is 2.24. The first-order chi connectivity index (χ1) is 12.4. The molecule has 1 atom stereocenters. The SMILES string of the molecule is CC(=O)C(Sc1ccc2nnc(-c3ccc(C)cc3)n2n1)C(=O)N(C)C. The van der Waals surface area contributed by atoms with Crippen LogP contribution in [-0.2, 0) is 9.59 Å². The van der Waals surface area contributed by atoms with Gasteiger partial charge in [0.1, 0.15) is 10.3 Å². The maximum Gasteiger partial charge on any atom is 0.243 e. The molecule has 3 aromatic rings. The minimum Gasteiger partial charge on any atom is -0.347 e. The van der Waals surface area contributed by atoms with Gasteiger partial charge in [0, 0.05) is 19.7 Å². The number of hydrogen-bond acceptors (Lipinski definition) is 6. The molecule has 0 aliphatic rings. The van der Waals surface area contributed by atoms with Gasteiger partial charge in [-0.25, -0.2) is 0 Å². The number of carbonyl (C=O) groups excluding carboxylic acids is 2. The lowest BCUT2D eigenvalue weighted by molar-refractivity contribution is -0.132. The summed E-state index contributed by atoms with van der Waals surface area (Å²) in [5.41, 5.74) is 2.65. The lowest BCUT2D eigenvalue weighted by atomic mass is 10.1. The fraction of sp³-hybridized carbons (Fsp3) is 0.278. The minimum absolute atomic E-state index is 0.210. The highest BCUT2D eigenvalue weighted by molar-refractivity contribution is 8.01. The highest BCUT2D eigenvalue weighted by Gasteiger charge is 2.27. The number of nitrogens with zero attached hydrogens (tertiary/aromatic N) is 5. The van der Waals surface area contributed by atoms with E-state index in [-0.39, 0.29) is 11.7 Å². The number of ketones is 1. The van der Waals surface area contributed by atoms with Crippen molar-refractivity contribution in [2.24, 2.45) is 0 Å². The predicted molar refractivity (Wildman–Crippen MR) is 100.0 cm³/mol. The number of Topliss-reactive ketones (excluding diaryl/α,β-unsaturated/α-hetero) is 1. The van der Waals surface area contributed by atoms with Gasteiger partial charge < -0.3 is 4.90 Å². The van der Waals surface area contributed by atoms with E-state index < -0.39 is 5.25 Å². The van der Waals surface area contributed by atoms with E-state index in [1.165, 1.54) is 11.8 Å². The fourth-order valence-electron chi connectivity index (χ4n) is 2.38. The summed E-state index contributed by atoms with van der Waals surface area (Å²) in [5, 5.41) is 12.6. The van der Waals surface area contributed by atoms with Crippen LogP contribution < -0.4 is 0 Å². The highest BCUT2D eigenvalue weighted by Crippen LogP contribution is 2.25.